The number of guanidine groups is 1. The van der Waals surface area contributed by atoms with Crippen LogP contribution in [0.5, 0.6) is 5.75 Å². The molecule has 22 heavy (non-hydrogen) atoms. The van der Waals surface area contributed by atoms with E-state index in [1.54, 1.807) is 7.11 Å². The molecule has 4 heteroatoms. The summed E-state index contributed by atoms with van der Waals surface area (Å²) in [6.07, 6.45) is 0. The summed E-state index contributed by atoms with van der Waals surface area (Å²) < 4.78 is 5.38. The Bertz CT molecular complexity index is 693. The maximum atomic E-state index is 5.96. The van der Waals surface area contributed by atoms with Gasteiger partial charge in [0.2, 0.25) is 0 Å². The predicted molar refractivity (Wildman–Crippen MR) is 92.6 cm³/mol. The van der Waals surface area contributed by atoms with Crippen molar-refractivity contribution < 1.29 is 4.74 Å². The molecule has 0 aliphatic heterocycles. The average molecular weight is 297 g/mol. The summed E-state index contributed by atoms with van der Waals surface area (Å²) in [6.45, 7) is 6.67. The predicted octanol–water partition coefficient (Wildman–Crippen LogP) is 3.55. The molecule has 116 valence electrons. The standard InChI is InChI=1S/C18H23N3O/c1-12-5-7-15(17(9-12)22-4)11-20-18(19)21-16-8-6-13(2)14(3)10-16/h5-10H,11H2,1-4H3,(H3,19,20,21). The fourth-order valence-electron chi connectivity index (χ4n) is 2.16. The lowest BCUT2D eigenvalue weighted by molar-refractivity contribution is 0.409. The van der Waals surface area contributed by atoms with Gasteiger partial charge in [0.05, 0.1) is 13.7 Å². The van der Waals surface area contributed by atoms with E-state index in [1.807, 2.05) is 31.2 Å². The van der Waals surface area contributed by atoms with Crippen molar-refractivity contribution in [1.82, 2.24) is 0 Å². The molecule has 0 bridgehead atoms. The fourth-order valence-corrected chi connectivity index (χ4v) is 2.16. The Morgan fingerprint density at radius 2 is 1.86 bits per heavy atom. The van der Waals surface area contributed by atoms with E-state index in [2.05, 4.69) is 36.3 Å². The van der Waals surface area contributed by atoms with Gasteiger partial charge in [0.25, 0.3) is 0 Å². The molecule has 0 aromatic heterocycles. The van der Waals surface area contributed by atoms with Crippen molar-refractivity contribution in [1.29, 1.82) is 0 Å². The zero-order valence-corrected chi connectivity index (χ0v) is 13.6. The molecule has 0 aliphatic carbocycles. The van der Waals surface area contributed by atoms with Crippen molar-refractivity contribution in [3.05, 3.63) is 58.7 Å². The van der Waals surface area contributed by atoms with Crippen LogP contribution in [0.4, 0.5) is 5.69 Å². The van der Waals surface area contributed by atoms with Gasteiger partial charge in [-0.1, -0.05) is 18.2 Å². The number of nitrogens with two attached hydrogens (primary N) is 1. The molecule has 0 atom stereocenters. The van der Waals surface area contributed by atoms with Crippen LogP contribution >= 0.6 is 0 Å². The van der Waals surface area contributed by atoms with Gasteiger partial charge in [-0.2, -0.15) is 0 Å². The first-order valence-electron chi connectivity index (χ1n) is 7.27. The van der Waals surface area contributed by atoms with Crippen LogP contribution in [0.1, 0.15) is 22.3 Å². The van der Waals surface area contributed by atoms with Gasteiger partial charge in [-0.05, 0) is 55.7 Å². The molecule has 0 amide bonds. The second-order valence-electron chi connectivity index (χ2n) is 5.44. The molecule has 2 aromatic carbocycles. The lowest BCUT2D eigenvalue weighted by Crippen LogP contribution is -2.22. The van der Waals surface area contributed by atoms with Crippen LogP contribution in [0, 0.1) is 20.8 Å². The third-order valence-corrected chi connectivity index (χ3v) is 3.64. The third kappa shape index (κ3) is 4.01. The van der Waals surface area contributed by atoms with Crippen molar-refractivity contribution >= 4 is 11.6 Å². The van der Waals surface area contributed by atoms with E-state index in [9.17, 15) is 0 Å². The molecule has 0 unspecified atom stereocenters. The molecule has 0 heterocycles. The second-order valence-corrected chi connectivity index (χ2v) is 5.44. The van der Waals surface area contributed by atoms with Crippen molar-refractivity contribution in [3.8, 4) is 5.75 Å². The first-order valence-corrected chi connectivity index (χ1v) is 7.27. The summed E-state index contributed by atoms with van der Waals surface area (Å²) in [5.74, 6) is 1.23. The van der Waals surface area contributed by atoms with E-state index in [4.69, 9.17) is 10.5 Å². The Labute approximate surface area is 132 Å². The summed E-state index contributed by atoms with van der Waals surface area (Å²) in [7, 11) is 1.67. The van der Waals surface area contributed by atoms with Crippen LogP contribution in [0.15, 0.2) is 41.4 Å². The van der Waals surface area contributed by atoms with Gasteiger partial charge >= 0.3 is 0 Å². The van der Waals surface area contributed by atoms with Gasteiger partial charge < -0.3 is 15.8 Å². The first kappa shape index (κ1) is 15.9. The summed E-state index contributed by atoms with van der Waals surface area (Å²) in [6, 6.07) is 12.2. The Morgan fingerprint density at radius 1 is 1.09 bits per heavy atom. The zero-order chi connectivity index (χ0) is 16.1. The number of hydrogen-bond acceptors (Lipinski definition) is 2. The molecule has 0 fully saturated rings. The zero-order valence-electron chi connectivity index (χ0n) is 13.6. The molecule has 0 radical (unpaired) electrons. The van der Waals surface area contributed by atoms with Crippen LogP contribution < -0.4 is 15.8 Å². The molecular weight excluding hydrogens is 274 g/mol. The molecule has 3 N–H and O–H groups in total. The van der Waals surface area contributed by atoms with Gasteiger partial charge in [0.15, 0.2) is 5.96 Å². The minimum absolute atomic E-state index is 0.394. The quantitative estimate of drug-likeness (QED) is 0.670. The topological polar surface area (TPSA) is 59.6 Å². The highest BCUT2D eigenvalue weighted by molar-refractivity contribution is 5.92. The number of rotatable bonds is 4. The lowest BCUT2D eigenvalue weighted by atomic mass is 10.1. The van der Waals surface area contributed by atoms with E-state index in [1.165, 1.54) is 11.1 Å². The number of anilines is 1. The summed E-state index contributed by atoms with van der Waals surface area (Å²) in [4.78, 5) is 4.38. The Hall–Kier alpha value is -2.49. The maximum absolute atomic E-state index is 5.96. The van der Waals surface area contributed by atoms with Gasteiger partial charge in [-0.25, -0.2) is 4.99 Å². The van der Waals surface area contributed by atoms with E-state index >= 15 is 0 Å². The number of aryl methyl sites for hydroxylation is 3. The number of aliphatic imine (C=N–C) groups is 1. The normalized spacial score (nSPS) is 11.4. The molecule has 2 aromatic rings. The molecule has 0 aliphatic rings. The van der Waals surface area contributed by atoms with Gasteiger partial charge in [-0.3, -0.25) is 0 Å². The van der Waals surface area contributed by atoms with Crippen molar-refractivity contribution in [2.75, 3.05) is 12.4 Å². The van der Waals surface area contributed by atoms with Crippen molar-refractivity contribution in [2.24, 2.45) is 10.7 Å². The largest absolute Gasteiger partial charge is 0.496 e. The van der Waals surface area contributed by atoms with E-state index in [0.717, 1.165) is 22.6 Å². The molecule has 0 saturated carbocycles. The minimum atomic E-state index is 0.394. The minimum Gasteiger partial charge on any atom is -0.496 e. The number of benzene rings is 2. The van der Waals surface area contributed by atoms with E-state index < -0.39 is 0 Å². The number of hydrogen-bond donors (Lipinski definition) is 2. The van der Waals surface area contributed by atoms with E-state index in [-0.39, 0.29) is 0 Å². The smallest absolute Gasteiger partial charge is 0.193 e. The van der Waals surface area contributed by atoms with Crippen molar-refractivity contribution in [2.45, 2.75) is 27.3 Å². The Morgan fingerprint density at radius 3 is 2.55 bits per heavy atom. The lowest BCUT2D eigenvalue weighted by Gasteiger charge is -2.10. The van der Waals surface area contributed by atoms with Gasteiger partial charge in [-0.15, -0.1) is 0 Å². The highest BCUT2D eigenvalue weighted by atomic mass is 16.5. The Kier molecular flexibility index (Phi) is 5.04. The molecule has 0 spiro atoms. The van der Waals surface area contributed by atoms with Crippen LogP contribution in [0.25, 0.3) is 0 Å². The van der Waals surface area contributed by atoms with Crippen LogP contribution in [-0.4, -0.2) is 13.1 Å². The molecule has 4 nitrogen and oxygen atoms in total. The van der Waals surface area contributed by atoms with Crippen molar-refractivity contribution in [3.63, 3.8) is 0 Å². The SMILES string of the molecule is COc1cc(C)ccc1CN=C(N)Nc1ccc(C)c(C)c1. The maximum Gasteiger partial charge on any atom is 0.193 e. The molecule has 0 saturated heterocycles. The van der Waals surface area contributed by atoms with Gasteiger partial charge in [0, 0.05) is 11.3 Å². The monoisotopic (exact) mass is 297 g/mol. The van der Waals surface area contributed by atoms with Crippen LogP contribution in [-0.2, 0) is 6.54 Å². The van der Waals surface area contributed by atoms with Crippen LogP contribution in [0.2, 0.25) is 0 Å². The fraction of sp³-hybridized carbons (Fsp3) is 0.278. The molecule has 2 rings (SSSR count). The van der Waals surface area contributed by atoms with E-state index in [0.29, 0.717) is 12.5 Å². The molecular formula is C18H23N3O. The number of nitrogens with one attached hydrogen (secondary N) is 1. The summed E-state index contributed by atoms with van der Waals surface area (Å²) in [5, 5.41) is 3.12. The van der Waals surface area contributed by atoms with Gasteiger partial charge in [0.1, 0.15) is 5.75 Å². The average Bonchev–Trinajstić information content (AvgIpc) is 2.49. The highest BCUT2D eigenvalue weighted by Gasteiger charge is 2.03. The number of nitrogens with zero attached hydrogens (tertiary/aromatic N) is 1. The van der Waals surface area contributed by atoms with Crippen LogP contribution in [0.3, 0.4) is 0 Å². The number of methoxy groups -OCH3 is 1. The second kappa shape index (κ2) is 6.98. The highest BCUT2D eigenvalue weighted by Crippen LogP contribution is 2.20. The Balaban J connectivity index is 2.08. The first-order chi connectivity index (χ1) is 10.5. The third-order valence-electron chi connectivity index (χ3n) is 3.64. The summed E-state index contributed by atoms with van der Waals surface area (Å²) >= 11 is 0. The number of ether oxygens (including phenoxy) is 1. The summed E-state index contributed by atoms with van der Waals surface area (Å²) in [5.41, 5.74) is 11.6.